The summed E-state index contributed by atoms with van der Waals surface area (Å²) < 4.78 is 11.3. The van der Waals surface area contributed by atoms with E-state index >= 15 is 0 Å². The van der Waals surface area contributed by atoms with E-state index in [-0.39, 0.29) is 5.91 Å². The van der Waals surface area contributed by atoms with Gasteiger partial charge in [0.25, 0.3) is 5.91 Å². The van der Waals surface area contributed by atoms with E-state index in [2.05, 4.69) is 10.3 Å². The van der Waals surface area contributed by atoms with E-state index < -0.39 is 0 Å². The summed E-state index contributed by atoms with van der Waals surface area (Å²) >= 11 is 6.30. The summed E-state index contributed by atoms with van der Waals surface area (Å²) in [5.74, 6) is 0.918. The minimum Gasteiger partial charge on any atom is -0.490 e. The maximum atomic E-state index is 12.7. The molecule has 2 heterocycles. The molecule has 1 aliphatic rings. The van der Waals surface area contributed by atoms with Gasteiger partial charge in [-0.3, -0.25) is 9.78 Å². The summed E-state index contributed by atoms with van der Waals surface area (Å²) in [6.45, 7) is 1.15. The first-order valence-electron chi connectivity index (χ1n) is 7.96. The predicted molar refractivity (Wildman–Crippen MR) is 96.8 cm³/mol. The number of hydrogen-bond acceptors (Lipinski definition) is 4. The Morgan fingerprint density at radius 3 is 2.68 bits per heavy atom. The number of carbonyl (C=O) groups is 1. The fourth-order valence-corrected chi connectivity index (χ4v) is 2.96. The lowest BCUT2D eigenvalue weighted by atomic mass is 10.1. The standard InChI is InChI=1S/C19H15ClN2O3/c20-14-10-17-18(25-9-3-8-24-17)11-16(14)22-19(23)13-6-7-21-15-5-2-1-4-12(13)15/h1-2,4-7,10-11H,3,8-9H2,(H,22,23). The first-order chi connectivity index (χ1) is 12.2. The third kappa shape index (κ3) is 3.10. The van der Waals surface area contributed by atoms with Crippen LogP contribution in [0.3, 0.4) is 0 Å². The average Bonchev–Trinajstić information content (AvgIpc) is 2.86. The highest BCUT2D eigenvalue weighted by molar-refractivity contribution is 6.34. The number of benzene rings is 2. The van der Waals surface area contributed by atoms with Crippen LogP contribution >= 0.6 is 11.6 Å². The molecule has 0 bridgehead atoms. The first kappa shape index (κ1) is 15.7. The zero-order valence-electron chi connectivity index (χ0n) is 13.3. The minimum absolute atomic E-state index is 0.255. The molecule has 1 amide bonds. The highest BCUT2D eigenvalue weighted by Gasteiger charge is 2.17. The van der Waals surface area contributed by atoms with E-state index in [9.17, 15) is 4.79 Å². The van der Waals surface area contributed by atoms with Crippen molar-refractivity contribution in [3.8, 4) is 11.5 Å². The molecule has 5 nitrogen and oxygen atoms in total. The number of amides is 1. The van der Waals surface area contributed by atoms with Crippen LogP contribution in [0.1, 0.15) is 16.8 Å². The van der Waals surface area contributed by atoms with Crippen molar-refractivity contribution in [2.45, 2.75) is 6.42 Å². The van der Waals surface area contributed by atoms with Gasteiger partial charge in [-0.15, -0.1) is 0 Å². The molecular weight excluding hydrogens is 340 g/mol. The van der Waals surface area contributed by atoms with Crippen LogP contribution < -0.4 is 14.8 Å². The zero-order valence-corrected chi connectivity index (χ0v) is 14.0. The van der Waals surface area contributed by atoms with Crippen molar-refractivity contribution in [1.82, 2.24) is 4.98 Å². The number of para-hydroxylation sites is 1. The molecule has 0 atom stereocenters. The average molecular weight is 355 g/mol. The molecule has 1 N–H and O–H groups in total. The monoisotopic (exact) mass is 354 g/mol. The van der Waals surface area contributed by atoms with E-state index in [0.29, 0.717) is 41.0 Å². The second-order valence-corrected chi connectivity index (χ2v) is 6.07. The molecule has 25 heavy (non-hydrogen) atoms. The molecule has 126 valence electrons. The molecule has 4 rings (SSSR count). The number of nitrogens with one attached hydrogen (secondary N) is 1. The molecule has 0 spiro atoms. The number of nitrogens with zero attached hydrogens (tertiary/aromatic N) is 1. The Morgan fingerprint density at radius 1 is 1.08 bits per heavy atom. The van der Waals surface area contributed by atoms with E-state index in [0.717, 1.165) is 17.3 Å². The topological polar surface area (TPSA) is 60.5 Å². The zero-order chi connectivity index (χ0) is 17.2. The maximum absolute atomic E-state index is 12.7. The Balaban J connectivity index is 1.68. The third-order valence-corrected chi connectivity index (χ3v) is 4.29. The van der Waals surface area contributed by atoms with Gasteiger partial charge in [-0.25, -0.2) is 0 Å². The van der Waals surface area contributed by atoms with E-state index in [1.807, 2.05) is 24.3 Å². The Kier molecular flexibility index (Phi) is 4.15. The Bertz CT molecular complexity index is 953. The van der Waals surface area contributed by atoms with Crippen molar-refractivity contribution in [3.05, 3.63) is 59.2 Å². The second kappa shape index (κ2) is 6.61. The molecular formula is C19H15ClN2O3. The molecule has 0 saturated heterocycles. The van der Waals surface area contributed by atoms with Crippen molar-refractivity contribution in [2.24, 2.45) is 0 Å². The molecule has 0 radical (unpaired) electrons. The van der Waals surface area contributed by atoms with Crippen LogP contribution in [0.15, 0.2) is 48.7 Å². The summed E-state index contributed by atoms with van der Waals surface area (Å²) in [5, 5.41) is 4.04. The van der Waals surface area contributed by atoms with Gasteiger partial charge < -0.3 is 14.8 Å². The van der Waals surface area contributed by atoms with Crippen LogP contribution in [0.5, 0.6) is 11.5 Å². The van der Waals surface area contributed by atoms with Gasteiger partial charge in [0, 0.05) is 30.1 Å². The Hall–Kier alpha value is -2.79. The normalized spacial score (nSPS) is 13.3. The van der Waals surface area contributed by atoms with E-state index in [1.54, 1.807) is 24.4 Å². The largest absolute Gasteiger partial charge is 0.490 e. The van der Waals surface area contributed by atoms with Crippen molar-refractivity contribution in [3.63, 3.8) is 0 Å². The Labute approximate surface area is 149 Å². The summed E-state index contributed by atoms with van der Waals surface area (Å²) in [7, 11) is 0. The first-order valence-corrected chi connectivity index (χ1v) is 8.34. The van der Waals surface area contributed by atoms with Crippen molar-refractivity contribution < 1.29 is 14.3 Å². The lowest BCUT2D eigenvalue weighted by Gasteiger charge is -2.13. The van der Waals surface area contributed by atoms with Gasteiger partial charge in [0.05, 0.1) is 35.0 Å². The molecule has 2 aromatic carbocycles. The van der Waals surface area contributed by atoms with E-state index in [1.165, 1.54) is 0 Å². The van der Waals surface area contributed by atoms with Gasteiger partial charge in [0.1, 0.15) is 0 Å². The van der Waals surface area contributed by atoms with Gasteiger partial charge >= 0.3 is 0 Å². The number of pyridine rings is 1. The molecule has 3 aromatic rings. The molecule has 1 aromatic heterocycles. The summed E-state index contributed by atoms with van der Waals surface area (Å²) in [5.41, 5.74) is 1.78. The third-order valence-electron chi connectivity index (χ3n) is 3.98. The number of halogens is 1. The summed E-state index contributed by atoms with van der Waals surface area (Å²) in [6.07, 6.45) is 2.42. The maximum Gasteiger partial charge on any atom is 0.256 e. The second-order valence-electron chi connectivity index (χ2n) is 5.66. The van der Waals surface area contributed by atoms with Crippen LogP contribution in [-0.2, 0) is 0 Å². The van der Waals surface area contributed by atoms with Gasteiger partial charge in [-0.2, -0.15) is 0 Å². The number of hydrogen-bond donors (Lipinski definition) is 1. The number of fused-ring (bicyclic) bond motifs is 2. The number of ether oxygens (including phenoxy) is 2. The van der Waals surface area contributed by atoms with Crippen LogP contribution in [-0.4, -0.2) is 24.1 Å². The number of carbonyl (C=O) groups excluding carboxylic acids is 1. The molecule has 0 unspecified atom stereocenters. The van der Waals surface area contributed by atoms with Crippen molar-refractivity contribution in [1.29, 1.82) is 0 Å². The Morgan fingerprint density at radius 2 is 1.84 bits per heavy atom. The van der Waals surface area contributed by atoms with Gasteiger partial charge in [-0.05, 0) is 12.1 Å². The summed E-state index contributed by atoms with van der Waals surface area (Å²) in [6, 6.07) is 12.6. The summed E-state index contributed by atoms with van der Waals surface area (Å²) in [4.78, 5) is 17.0. The number of anilines is 1. The van der Waals surface area contributed by atoms with Crippen LogP contribution in [0.25, 0.3) is 10.9 Å². The molecule has 0 fully saturated rings. The van der Waals surface area contributed by atoms with Gasteiger partial charge in [-0.1, -0.05) is 29.8 Å². The number of aromatic nitrogens is 1. The fourth-order valence-electron chi connectivity index (χ4n) is 2.76. The lowest BCUT2D eigenvalue weighted by Crippen LogP contribution is -2.13. The van der Waals surface area contributed by atoms with Crippen molar-refractivity contribution in [2.75, 3.05) is 18.5 Å². The predicted octanol–water partition coefficient (Wildman–Crippen LogP) is 4.30. The van der Waals surface area contributed by atoms with Crippen LogP contribution in [0, 0.1) is 0 Å². The van der Waals surface area contributed by atoms with Crippen molar-refractivity contribution >= 4 is 34.1 Å². The van der Waals surface area contributed by atoms with Crippen LogP contribution in [0.2, 0.25) is 5.02 Å². The van der Waals surface area contributed by atoms with E-state index in [4.69, 9.17) is 21.1 Å². The van der Waals surface area contributed by atoms with Crippen LogP contribution in [0.4, 0.5) is 5.69 Å². The highest BCUT2D eigenvalue weighted by atomic mass is 35.5. The molecule has 1 aliphatic heterocycles. The minimum atomic E-state index is -0.255. The molecule has 0 saturated carbocycles. The fraction of sp³-hybridized carbons (Fsp3) is 0.158. The molecule has 0 aliphatic carbocycles. The lowest BCUT2D eigenvalue weighted by molar-refractivity contribution is 0.102. The molecule has 6 heteroatoms. The SMILES string of the molecule is O=C(Nc1cc2c(cc1Cl)OCCCO2)c1ccnc2ccccc12. The number of rotatable bonds is 2. The quantitative estimate of drug-likeness (QED) is 0.745. The van der Waals surface area contributed by atoms with Gasteiger partial charge in [0.15, 0.2) is 11.5 Å². The highest BCUT2D eigenvalue weighted by Crippen LogP contribution is 2.38. The smallest absolute Gasteiger partial charge is 0.256 e. The van der Waals surface area contributed by atoms with Gasteiger partial charge in [0.2, 0.25) is 0 Å².